The number of ether oxygens (including phenoxy) is 2. The normalized spacial score (nSPS) is 22.9. The van der Waals surface area contributed by atoms with E-state index in [4.69, 9.17) is 18.5 Å². The molecule has 3 unspecified atom stereocenters. The number of aliphatic hydroxyl groups is 6. The zero-order valence-electron chi connectivity index (χ0n) is 37.5. The van der Waals surface area contributed by atoms with Gasteiger partial charge in [-0.05, 0) is 70.6 Å². The van der Waals surface area contributed by atoms with Crippen LogP contribution in [-0.4, -0.2) is 110 Å². The number of allylic oxidation sites excluding steroid dienone is 8. The molecule has 15 heteroatoms. The molecule has 1 saturated carbocycles. The zero-order valence-corrected chi connectivity index (χ0v) is 38.4. The second-order valence-electron chi connectivity index (χ2n) is 16.1. The van der Waals surface area contributed by atoms with E-state index in [1.54, 1.807) is 6.08 Å². The summed E-state index contributed by atoms with van der Waals surface area (Å²) in [4.78, 5) is 35.7. The zero-order chi connectivity index (χ0) is 45.9. The van der Waals surface area contributed by atoms with Gasteiger partial charge in [-0.3, -0.25) is 18.6 Å². The Morgan fingerprint density at radius 3 is 1.74 bits per heavy atom. The molecule has 9 atom stereocenters. The van der Waals surface area contributed by atoms with Crippen LogP contribution in [0.2, 0.25) is 0 Å². The van der Waals surface area contributed by atoms with E-state index in [-0.39, 0.29) is 12.8 Å². The Hall–Kier alpha value is -2.49. The van der Waals surface area contributed by atoms with E-state index >= 15 is 0 Å². The Kier molecular flexibility index (Phi) is 34.2. The van der Waals surface area contributed by atoms with Crippen LogP contribution in [-0.2, 0) is 32.7 Å². The third-order valence-corrected chi connectivity index (χ3v) is 11.4. The summed E-state index contributed by atoms with van der Waals surface area (Å²) >= 11 is 0. The van der Waals surface area contributed by atoms with Gasteiger partial charge in [-0.25, -0.2) is 4.57 Å². The van der Waals surface area contributed by atoms with E-state index in [1.807, 2.05) is 36.5 Å². The number of unbranched alkanes of at least 4 members (excludes halogenated alkanes) is 15. The first-order valence-electron chi connectivity index (χ1n) is 23.2. The number of hydrogen-bond acceptors (Lipinski definition) is 13. The van der Waals surface area contributed by atoms with Gasteiger partial charge < -0.3 is 45.0 Å². The summed E-state index contributed by atoms with van der Waals surface area (Å²) in [6.07, 6.45) is 27.3. The lowest BCUT2D eigenvalue weighted by Gasteiger charge is -2.41. The van der Waals surface area contributed by atoms with Crippen molar-refractivity contribution in [1.82, 2.24) is 0 Å². The summed E-state index contributed by atoms with van der Waals surface area (Å²) in [6, 6.07) is 0. The molecule has 0 saturated heterocycles. The van der Waals surface area contributed by atoms with Crippen molar-refractivity contribution in [2.45, 2.75) is 210 Å². The molecule has 0 aliphatic heterocycles. The third kappa shape index (κ3) is 29.1. The van der Waals surface area contributed by atoms with Crippen LogP contribution in [0.3, 0.4) is 0 Å². The molecule has 0 bridgehead atoms. The van der Waals surface area contributed by atoms with E-state index in [2.05, 4.69) is 32.1 Å². The summed E-state index contributed by atoms with van der Waals surface area (Å²) in [5.74, 6) is -1.22. The van der Waals surface area contributed by atoms with Crippen molar-refractivity contribution < 1.29 is 68.2 Å². The predicted octanol–water partition coefficient (Wildman–Crippen LogP) is 7.92. The number of rotatable bonds is 37. The quantitative estimate of drug-likeness (QED) is 0.0103. The smallest absolute Gasteiger partial charge is 0.462 e. The van der Waals surface area contributed by atoms with Crippen LogP contribution >= 0.6 is 7.82 Å². The van der Waals surface area contributed by atoms with Crippen molar-refractivity contribution in [3.05, 3.63) is 60.8 Å². The molecule has 14 nitrogen and oxygen atoms in total. The molecular formula is C47H81O14P. The first-order valence-corrected chi connectivity index (χ1v) is 24.7. The fraction of sp³-hybridized carbons (Fsp3) is 0.745. The summed E-state index contributed by atoms with van der Waals surface area (Å²) in [5.41, 5.74) is 0. The number of carbonyl (C=O) groups is 2. The highest BCUT2D eigenvalue weighted by molar-refractivity contribution is 7.47. The second kappa shape index (κ2) is 36.8. The van der Waals surface area contributed by atoms with Crippen molar-refractivity contribution in [1.29, 1.82) is 0 Å². The van der Waals surface area contributed by atoms with Crippen molar-refractivity contribution in [3.63, 3.8) is 0 Å². The lowest BCUT2D eigenvalue weighted by molar-refractivity contribution is -0.220. The maximum atomic E-state index is 12.8. The van der Waals surface area contributed by atoms with Crippen LogP contribution < -0.4 is 0 Å². The van der Waals surface area contributed by atoms with E-state index in [9.17, 15) is 49.7 Å². The standard InChI is InChI=1S/C47H81O14P/c1-3-5-7-9-11-12-13-14-15-16-17-18-22-27-31-35-41(50)60-39(37-59-62(56,57)61-47-45(54)43(52)42(51)44(53)46(47)55)36-58-40(49)34-30-26-23-19-21-25-29-33-38(48)32-28-24-20-10-8-6-4-2/h14-15,19-20,23-25,28-29,32,38-39,42-48,51-55H,3-13,16-18,21-22,26-27,30-31,33-37H2,1-2H3,(H,56,57)/b15-14-,23-19+,24-20-,29-25-,32-28-/t38-,39-,42?,43-,44+,45-,46-,47?/m1/s1. The largest absolute Gasteiger partial charge is 0.472 e. The third-order valence-electron chi connectivity index (χ3n) is 10.4. The molecule has 0 amide bonds. The highest BCUT2D eigenvalue weighted by Gasteiger charge is 2.51. The van der Waals surface area contributed by atoms with Gasteiger partial charge in [-0.1, -0.05) is 139 Å². The van der Waals surface area contributed by atoms with Crippen LogP contribution in [0.5, 0.6) is 0 Å². The summed E-state index contributed by atoms with van der Waals surface area (Å²) in [5, 5.41) is 60.2. The predicted molar refractivity (Wildman–Crippen MR) is 241 cm³/mol. The minimum absolute atomic E-state index is 0.0533. The van der Waals surface area contributed by atoms with Gasteiger partial charge in [0, 0.05) is 12.8 Å². The van der Waals surface area contributed by atoms with Crippen LogP contribution in [0, 0.1) is 0 Å². The molecular weight excluding hydrogens is 819 g/mol. The van der Waals surface area contributed by atoms with Crippen molar-refractivity contribution in [2.24, 2.45) is 0 Å². The lowest BCUT2D eigenvalue weighted by atomic mass is 9.85. The van der Waals surface area contributed by atoms with Crippen LogP contribution in [0.1, 0.15) is 162 Å². The van der Waals surface area contributed by atoms with E-state index in [1.165, 1.54) is 57.8 Å². The monoisotopic (exact) mass is 901 g/mol. The Balaban J connectivity index is 2.54. The molecule has 0 radical (unpaired) electrons. The lowest BCUT2D eigenvalue weighted by Crippen LogP contribution is -2.64. The number of phosphoric acid groups is 1. The molecule has 0 aromatic carbocycles. The highest BCUT2D eigenvalue weighted by Crippen LogP contribution is 2.47. The van der Waals surface area contributed by atoms with Crippen LogP contribution in [0.25, 0.3) is 0 Å². The fourth-order valence-corrected chi connectivity index (χ4v) is 7.56. The molecule has 1 fully saturated rings. The average molecular weight is 901 g/mol. The minimum atomic E-state index is -5.15. The number of hydrogen-bond donors (Lipinski definition) is 7. The van der Waals surface area contributed by atoms with Crippen LogP contribution in [0.4, 0.5) is 0 Å². The van der Waals surface area contributed by atoms with E-state index < -0.39 is 81.8 Å². The van der Waals surface area contributed by atoms with Gasteiger partial charge in [0.1, 0.15) is 43.2 Å². The first-order chi connectivity index (χ1) is 29.8. The van der Waals surface area contributed by atoms with Gasteiger partial charge in [0.25, 0.3) is 0 Å². The molecule has 62 heavy (non-hydrogen) atoms. The second-order valence-corrected chi connectivity index (χ2v) is 17.5. The molecule has 1 aliphatic carbocycles. The van der Waals surface area contributed by atoms with E-state index in [0.717, 1.165) is 44.9 Å². The molecule has 358 valence electrons. The number of carbonyl (C=O) groups excluding carboxylic acids is 2. The van der Waals surface area contributed by atoms with Crippen molar-refractivity contribution in [3.8, 4) is 0 Å². The highest BCUT2D eigenvalue weighted by atomic mass is 31.2. The minimum Gasteiger partial charge on any atom is -0.462 e. The Morgan fingerprint density at radius 1 is 0.581 bits per heavy atom. The summed E-state index contributed by atoms with van der Waals surface area (Å²) in [7, 11) is -5.15. The van der Waals surface area contributed by atoms with Crippen molar-refractivity contribution >= 4 is 19.8 Å². The van der Waals surface area contributed by atoms with E-state index in [0.29, 0.717) is 32.1 Å². The van der Waals surface area contributed by atoms with Gasteiger partial charge in [0.05, 0.1) is 12.7 Å². The molecule has 1 aliphatic rings. The maximum absolute atomic E-state index is 12.8. The first kappa shape index (κ1) is 57.5. The fourth-order valence-electron chi connectivity index (χ4n) is 6.59. The SMILES string of the molecule is CCCCC/C=C\C=C/[C@@H](O)C/C=C\C/C=C/CCCC(=O)OC[C@H](COP(=O)(O)OC1[C@H](O)[C@H](O)C(O)[C@H](O)[C@H]1O)OC(=O)CCCCCCC/C=C\CCCCCCCC. The maximum Gasteiger partial charge on any atom is 0.472 e. The molecule has 0 spiro atoms. The van der Waals surface area contributed by atoms with Gasteiger partial charge in [-0.15, -0.1) is 0 Å². The van der Waals surface area contributed by atoms with Gasteiger partial charge in [-0.2, -0.15) is 0 Å². The number of esters is 2. The topological polar surface area (TPSA) is 230 Å². The molecule has 1 rings (SSSR count). The molecule has 0 heterocycles. The summed E-state index contributed by atoms with van der Waals surface area (Å²) in [6.45, 7) is 3.13. The van der Waals surface area contributed by atoms with Gasteiger partial charge in [0.15, 0.2) is 6.10 Å². The molecule has 7 N–H and O–H groups in total. The van der Waals surface area contributed by atoms with Gasteiger partial charge >= 0.3 is 19.8 Å². The van der Waals surface area contributed by atoms with Crippen LogP contribution in [0.15, 0.2) is 60.8 Å². The Morgan fingerprint density at radius 2 is 1.08 bits per heavy atom. The number of aliphatic hydroxyl groups excluding tert-OH is 6. The molecule has 0 aromatic rings. The number of phosphoric ester groups is 1. The Bertz CT molecular complexity index is 1330. The average Bonchev–Trinajstić information content (AvgIpc) is 3.25. The summed E-state index contributed by atoms with van der Waals surface area (Å²) < 4.78 is 33.4. The van der Waals surface area contributed by atoms with Gasteiger partial charge in [0.2, 0.25) is 0 Å². The Labute approximate surface area is 371 Å². The molecule has 0 aromatic heterocycles. The van der Waals surface area contributed by atoms with Crippen molar-refractivity contribution in [2.75, 3.05) is 13.2 Å².